The Morgan fingerprint density at radius 2 is 2.09 bits per heavy atom. The third kappa shape index (κ3) is 6.53. The van der Waals surface area contributed by atoms with E-state index in [1.54, 1.807) is 7.11 Å². The molecule has 5 heteroatoms. The first-order valence-corrected chi connectivity index (χ1v) is 10.2. The predicted octanol–water partition coefficient (Wildman–Crippen LogP) is 4.50. The summed E-state index contributed by atoms with van der Waals surface area (Å²) in [6.07, 6.45) is 5.94. The highest BCUT2D eigenvalue weighted by molar-refractivity contribution is 8.77. The molecule has 1 aliphatic heterocycles. The largest absolute Gasteiger partial charge is 0.497 e. The highest BCUT2D eigenvalue weighted by Gasteiger charge is 2.15. The smallest absolute Gasteiger partial charge is 0.305 e. The van der Waals surface area contributed by atoms with Crippen LogP contribution >= 0.6 is 21.6 Å². The van der Waals surface area contributed by atoms with Crippen LogP contribution in [-0.2, 0) is 16.0 Å². The summed E-state index contributed by atoms with van der Waals surface area (Å²) >= 11 is 0. The third-order valence-corrected chi connectivity index (χ3v) is 6.70. The number of hydrogen-bond acceptors (Lipinski definition) is 5. The summed E-state index contributed by atoms with van der Waals surface area (Å²) in [5.41, 5.74) is 1.16. The highest BCUT2D eigenvalue weighted by Crippen LogP contribution is 2.39. The van der Waals surface area contributed by atoms with E-state index in [9.17, 15) is 4.79 Å². The van der Waals surface area contributed by atoms with Crippen molar-refractivity contribution in [1.82, 2.24) is 0 Å². The summed E-state index contributed by atoms with van der Waals surface area (Å²) in [6.45, 7) is 0.459. The van der Waals surface area contributed by atoms with Gasteiger partial charge in [-0.25, -0.2) is 0 Å². The average Bonchev–Trinajstić information content (AvgIpc) is 3.06. The first kappa shape index (κ1) is 17.5. The minimum Gasteiger partial charge on any atom is -0.497 e. The molecule has 1 unspecified atom stereocenters. The van der Waals surface area contributed by atoms with E-state index >= 15 is 0 Å². The molecule has 22 heavy (non-hydrogen) atoms. The van der Waals surface area contributed by atoms with Crippen LogP contribution in [0, 0.1) is 0 Å². The molecule has 0 bridgehead atoms. The average molecular weight is 341 g/mol. The molecule has 1 heterocycles. The molecular weight excluding hydrogens is 316 g/mol. The van der Waals surface area contributed by atoms with E-state index in [1.807, 2.05) is 45.9 Å². The molecule has 1 saturated heterocycles. The van der Waals surface area contributed by atoms with Gasteiger partial charge in [-0.2, -0.15) is 0 Å². The van der Waals surface area contributed by atoms with Crippen molar-refractivity contribution in [2.24, 2.45) is 0 Å². The van der Waals surface area contributed by atoms with Crippen LogP contribution in [0.25, 0.3) is 0 Å². The molecule has 1 aromatic rings. The molecule has 0 radical (unpaired) electrons. The van der Waals surface area contributed by atoms with Crippen LogP contribution in [0.3, 0.4) is 0 Å². The summed E-state index contributed by atoms with van der Waals surface area (Å²) in [4.78, 5) is 11.7. The van der Waals surface area contributed by atoms with Gasteiger partial charge < -0.3 is 9.47 Å². The van der Waals surface area contributed by atoms with Crippen LogP contribution in [0.4, 0.5) is 0 Å². The predicted molar refractivity (Wildman–Crippen MR) is 94.6 cm³/mol. The zero-order valence-corrected chi connectivity index (χ0v) is 14.7. The lowest BCUT2D eigenvalue weighted by Crippen LogP contribution is -2.08. The molecule has 3 nitrogen and oxygen atoms in total. The molecule has 1 atom stereocenters. The maximum Gasteiger partial charge on any atom is 0.305 e. The van der Waals surface area contributed by atoms with Gasteiger partial charge >= 0.3 is 5.97 Å². The standard InChI is InChI=1S/C17H24O3S2/c1-19-15-8-6-14(7-9-15)10-12-20-17(18)5-3-2-4-16-11-13-21-22-16/h6-9,16H,2-5,10-13H2,1H3. The van der Waals surface area contributed by atoms with Crippen LogP contribution in [0.1, 0.15) is 37.7 Å². The van der Waals surface area contributed by atoms with Crippen LogP contribution < -0.4 is 4.74 Å². The minimum atomic E-state index is -0.0676. The van der Waals surface area contributed by atoms with Crippen molar-refractivity contribution < 1.29 is 14.3 Å². The highest BCUT2D eigenvalue weighted by atomic mass is 33.1. The van der Waals surface area contributed by atoms with E-state index in [0.717, 1.165) is 35.8 Å². The van der Waals surface area contributed by atoms with Crippen molar-refractivity contribution in [1.29, 1.82) is 0 Å². The van der Waals surface area contributed by atoms with E-state index in [2.05, 4.69) is 0 Å². The topological polar surface area (TPSA) is 35.5 Å². The molecule has 1 aliphatic rings. The maximum absolute atomic E-state index is 11.7. The number of carbonyl (C=O) groups excluding carboxylic acids is 1. The SMILES string of the molecule is COc1ccc(CCOC(=O)CCCCC2CCSS2)cc1. The van der Waals surface area contributed by atoms with Crippen LogP contribution in [0.15, 0.2) is 24.3 Å². The molecule has 0 amide bonds. The van der Waals surface area contributed by atoms with Gasteiger partial charge in [-0.15, -0.1) is 0 Å². The lowest BCUT2D eigenvalue weighted by molar-refractivity contribution is -0.143. The molecule has 1 fully saturated rings. The molecule has 0 aromatic heterocycles. The second-order valence-electron chi connectivity index (χ2n) is 5.39. The lowest BCUT2D eigenvalue weighted by atomic mass is 10.1. The Morgan fingerprint density at radius 1 is 1.27 bits per heavy atom. The number of unbranched alkanes of at least 4 members (excludes halogenated alkanes) is 1. The van der Waals surface area contributed by atoms with Crippen molar-refractivity contribution in [2.75, 3.05) is 19.5 Å². The van der Waals surface area contributed by atoms with E-state index < -0.39 is 0 Å². The van der Waals surface area contributed by atoms with Crippen molar-refractivity contribution >= 4 is 27.6 Å². The number of carbonyl (C=O) groups is 1. The van der Waals surface area contributed by atoms with Crippen molar-refractivity contribution in [3.63, 3.8) is 0 Å². The van der Waals surface area contributed by atoms with Crippen molar-refractivity contribution in [3.05, 3.63) is 29.8 Å². The molecule has 0 spiro atoms. The summed E-state index contributed by atoms with van der Waals surface area (Å²) < 4.78 is 10.4. The lowest BCUT2D eigenvalue weighted by Gasteiger charge is -2.07. The van der Waals surface area contributed by atoms with Crippen LogP contribution in [-0.4, -0.2) is 30.7 Å². The molecule has 0 saturated carbocycles. The third-order valence-electron chi connectivity index (χ3n) is 3.70. The summed E-state index contributed by atoms with van der Waals surface area (Å²) in [7, 11) is 5.64. The Morgan fingerprint density at radius 3 is 2.77 bits per heavy atom. The van der Waals surface area contributed by atoms with Gasteiger partial charge in [0, 0.05) is 23.8 Å². The molecule has 0 N–H and O–H groups in total. The minimum absolute atomic E-state index is 0.0676. The summed E-state index contributed by atoms with van der Waals surface area (Å²) in [5.74, 6) is 2.06. The van der Waals surface area contributed by atoms with Gasteiger partial charge in [0.05, 0.1) is 13.7 Å². The van der Waals surface area contributed by atoms with Crippen molar-refractivity contribution in [3.8, 4) is 5.75 Å². The van der Waals surface area contributed by atoms with Gasteiger partial charge in [-0.05, 0) is 37.0 Å². The Bertz CT molecular complexity index is 442. The molecule has 1 aromatic carbocycles. The Kier molecular flexibility index (Phi) is 8.02. The Labute approximate surface area is 140 Å². The first-order chi connectivity index (χ1) is 10.8. The van der Waals surface area contributed by atoms with Crippen LogP contribution in [0.5, 0.6) is 5.75 Å². The van der Waals surface area contributed by atoms with Gasteiger partial charge in [0.25, 0.3) is 0 Å². The Hall–Kier alpha value is -0.810. The molecule has 0 aliphatic carbocycles. The molecular formula is C17H24O3S2. The van der Waals surface area contributed by atoms with E-state index in [1.165, 1.54) is 18.6 Å². The van der Waals surface area contributed by atoms with Gasteiger partial charge in [-0.3, -0.25) is 4.79 Å². The fourth-order valence-corrected chi connectivity index (χ4v) is 5.38. The fourth-order valence-electron chi connectivity index (χ4n) is 2.35. The number of benzene rings is 1. The summed E-state index contributed by atoms with van der Waals surface area (Å²) in [6, 6.07) is 7.86. The normalized spacial score (nSPS) is 17.4. The zero-order valence-electron chi connectivity index (χ0n) is 13.1. The first-order valence-electron chi connectivity index (χ1n) is 7.85. The number of methoxy groups -OCH3 is 1. The second-order valence-corrected chi connectivity index (χ2v) is 8.18. The Balaban J connectivity index is 1.51. The van der Waals surface area contributed by atoms with Crippen molar-refractivity contribution in [2.45, 2.75) is 43.8 Å². The number of ether oxygens (including phenoxy) is 2. The van der Waals surface area contributed by atoms with Gasteiger partial charge in [-0.1, -0.05) is 40.1 Å². The van der Waals surface area contributed by atoms with Gasteiger partial charge in [0.15, 0.2) is 0 Å². The number of esters is 1. The maximum atomic E-state index is 11.7. The number of hydrogen-bond donors (Lipinski definition) is 0. The van der Waals surface area contributed by atoms with E-state index in [-0.39, 0.29) is 5.97 Å². The molecule has 2 rings (SSSR count). The van der Waals surface area contributed by atoms with E-state index in [4.69, 9.17) is 9.47 Å². The van der Waals surface area contributed by atoms with Gasteiger partial charge in [0.1, 0.15) is 5.75 Å². The van der Waals surface area contributed by atoms with Gasteiger partial charge in [0.2, 0.25) is 0 Å². The zero-order chi connectivity index (χ0) is 15.6. The second kappa shape index (κ2) is 10.1. The monoisotopic (exact) mass is 340 g/mol. The van der Waals surface area contributed by atoms with E-state index in [0.29, 0.717) is 13.0 Å². The summed E-state index contributed by atoms with van der Waals surface area (Å²) in [5, 5.41) is 0.802. The fraction of sp³-hybridized carbons (Fsp3) is 0.588. The quantitative estimate of drug-likeness (QED) is 0.376. The number of rotatable bonds is 9. The molecule has 122 valence electrons. The van der Waals surface area contributed by atoms with Crippen LogP contribution in [0.2, 0.25) is 0 Å².